The molecule has 0 fully saturated rings. The van der Waals surface area contributed by atoms with Gasteiger partial charge in [-0.25, -0.2) is 0 Å². The highest BCUT2D eigenvalue weighted by Crippen LogP contribution is 2.28. The first kappa shape index (κ1) is 30.9. The predicted octanol–water partition coefficient (Wildman–Crippen LogP) is 6.46. The summed E-state index contributed by atoms with van der Waals surface area (Å²) >= 11 is 1.39. The second-order valence-corrected chi connectivity index (χ2v) is 10.7. The number of methoxy groups -OCH3 is 2. The lowest BCUT2D eigenvalue weighted by Gasteiger charge is -2.13. The largest absolute Gasteiger partial charge is 0.493 e. The number of carbonyl (C=O) groups excluding carboxylic acids is 3. The van der Waals surface area contributed by atoms with Crippen molar-refractivity contribution in [3.05, 3.63) is 119 Å². The molecule has 8 nitrogen and oxygen atoms in total. The van der Waals surface area contributed by atoms with E-state index >= 15 is 0 Å². The Hall–Kier alpha value is -5.02. The van der Waals surface area contributed by atoms with Crippen molar-refractivity contribution < 1.29 is 23.9 Å². The quantitative estimate of drug-likeness (QED) is 0.136. The highest BCUT2D eigenvalue weighted by atomic mass is 32.2. The predicted molar refractivity (Wildman–Crippen MR) is 172 cm³/mol. The van der Waals surface area contributed by atoms with E-state index in [4.69, 9.17) is 9.47 Å². The number of hydrogen-bond donors (Lipinski definition) is 3. The average molecular weight is 596 g/mol. The summed E-state index contributed by atoms with van der Waals surface area (Å²) in [6.45, 7) is 3.98. The van der Waals surface area contributed by atoms with Gasteiger partial charge < -0.3 is 25.4 Å². The van der Waals surface area contributed by atoms with Gasteiger partial charge in [-0.1, -0.05) is 30.3 Å². The number of benzene rings is 4. The summed E-state index contributed by atoms with van der Waals surface area (Å²) in [6, 6.07) is 26.9. The van der Waals surface area contributed by atoms with Crippen molar-refractivity contribution in [2.24, 2.45) is 0 Å². The standard InChI is InChI=1S/C34H33N3O5S/c1-22-16-23(2)18-27(17-22)35-32(38)21-43-28-13-11-26(12-14-28)36-34(40)29(37-33(39)25-8-6-5-7-9-25)19-24-10-15-30(41-3)31(20-24)42-4/h5-20H,21H2,1-4H3,(H,35,38)(H,36,40)(H,37,39)/b29-19-. The summed E-state index contributed by atoms with van der Waals surface area (Å²) in [5.74, 6) is 0.232. The summed E-state index contributed by atoms with van der Waals surface area (Å²) in [4.78, 5) is 39.6. The summed E-state index contributed by atoms with van der Waals surface area (Å²) in [5, 5.41) is 8.50. The zero-order valence-corrected chi connectivity index (χ0v) is 25.2. The number of amides is 3. The maximum Gasteiger partial charge on any atom is 0.272 e. The van der Waals surface area contributed by atoms with Gasteiger partial charge in [-0.3, -0.25) is 14.4 Å². The Morgan fingerprint density at radius 2 is 1.42 bits per heavy atom. The second kappa shape index (κ2) is 14.7. The van der Waals surface area contributed by atoms with E-state index in [0.29, 0.717) is 28.3 Å². The molecule has 0 saturated carbocycles. The van der Waals surface area contributed by atoms with E-state index in [-0.39, 0.29) is 17.4 Å². The maximum absolute atomic E-state index is 13.4. The van der Waals surface area contributed by atoms with Crippen LogP contribution in [0.5, 0.6) is 11.5 Å². The molecule has 3 N–H and O–H groups in total. The smallest absolute Gasteiger partial charge is 0.272 e. The molecule has 0 aliphatic carbocycles. The molecular weight excluding hydrogens is 562 g/mol. The van der Waals surface area contributed by atoms with Gasteiger partial charge in [-0.2, -0.15) is 0 Å². The molecule has 4 aromatic carbocycles. The van der Waals surface area contributed by atoms with Gasteiger partial charge in [0, 0.05) is 21.8 Å². The third kappa shape index (κ3) is 8.98. The van der Waals surface area contributed by atoms with Gasteiger partial charge in [-0.05, 0) is 97.3 Å². The Kier molecular flexibility index (Phi) is 10.6. The molecule has 0 aliphatic heterocycles. The van der Waals surface area contributed by atoms with E-state index < -0.39 is 11.8 Å². The highest BCUT2D eigenvalue weighted by Gasteiger charge is 2.16. The third-order valence-corrected chi connectivity index (χ3v) is 7.25. The summed E-state index contributed by atoms with van der Waals surface area (Å²) in [6.07, 6.45) is 1.57. The fourth-order valence-electron chi connectivity index (χ4n) is 4.28. The number of nitrogens with one attached hydrogen (secondary N) is 3. The number of anilines is 2. The molecule has 0 aliphatic rings. The Morgan fingerprint density at radius 1 is 0.744 bits per heavy atom. The molecule has 0 saturated heterocycles. The number of ether oxygens (including phenoxy) is 2. The molecule has 0 radical (unpaired) electrons. The van der Waals surface area contributed by atoms with E-state index in [0.717, 1.165) is 21.7 Å². The summed E-state index contributed by atoms with van der Waals surface area (Å²) < 4.78 is 10.7. The molecule has 4 aromatic rings. The van der Waals surface area contributed by atoms with Gasteiger partial charge in [0.05, 0.1) is 20.0 Å². The van der Waals surface area contributed by atoms with Gasteiger partial charge in [-0.15, -0.1) is 11.8 Å². The number of hydrogen-bond acceptors (Lipinski definition) is 6. The molecule has 0 spiro atoms. The van der Waals surface area contributed by atoms with Crippen molar-refractivity contribution in [1.29, 1.82) is 0 Å². The third-order valence-electron chi connectivity index (χ3n) is 6.23. The van der Waals surface area contributed by atoms with Crippen molar-refractivity contribution in [1.82, 2.24) is 5.32 Å². The fraction of sp³-hybridized carbons (Fsp3) is 0.147. The highest BCUT2D eigenvalue weighted by molar-refractivity contribution is 8.00. The van der Waals surface area contributed by atoms with Gasteiger partial charge in [0.25, 0.3) is 11.8 Å². The molecule has 0 unspecified atom stereocenters. The minimum absolute atomic E-state index is 0.0441. The van der Waals surface area contributed by atoms with Crippen LogP contribution in [0.4, 0.5) is 11.4 Å². The van der Waals surface area contributed by atoms with Crippen LogP contribution in [0, 0.1) is 13.8 Å². The number of rotatable bonds is 11. The average Bonchev–Trinajstić information content (AvgIpc) is 3.00. The van der Waals surface area contributed by atoms with Crippen molar-refractivity contribution in [3.8, 4) is 11.5 Å². The lowest BCUT2D eigenvalue weighted by Crippen LogP contribution is -2.30. The van der Waals surface area contributed by atoms with Gasteiger partial charge >= 0.3 is 0 Å². The zero-order valence-electron chi connectivity index (χ0n) is 24.4. The van der Waals surface area contributed by atoms with E-state index in [1.54, 1.807) is 60.7 Å². The van der Waals surface area contributed by atoms with Gasteiger partial charge in [0.15, 0.2) is 11.5 Å². The first-order chi connectivity index (χ1) is 20.7. The fourth-order valence-corrected chi connectivity index (χ4v) is 4.98. The van der Waals surface area contributed by atoms with Crippen LogP contribution in [-0.4, -0.2) is 37.7 Å². The van der Waals surface area contributed by atoms with Gasteiger partial charge in [0.1, 0.15) is 5.70 Å². The summed E-state index contributed by atoms with van der Waals surface area (Å²) in [5.41, 5.74) is 4.56. The van der Waals surface area contributed by atoms with Crippen LogP contribution in [0.25, 0.3) is 6.08 Å². The lowest BCUT2D eigenvalue weighted by molar-refractivity contribution is -0.114. The number of thioether (sulfide) groups is 1. The number of aryl methyl sites for hydroxylation is 2. The Morgan fingerprint density at radius 3 is 2.07 bits per heavy atom. The monoisotopic (exact) mass is 595 g/mol. The number of carbonyl (C=O) groups is 3. The molecule has 4 rings (SSSR count). The van der Waals surface area contributed by atoms with Crippen molar-refractivity contribution in [3.63, 3.8) is 0 Å². The lowest BCUT2D eigenvalue weighted by atomic mass is 10.1. The van der Waals surface area contributed by atoms with Crippen molar-refractivity contribution >= 4 is 46.9 Å². The Bertz CT molecular complexity index is 1620. The molecule has 43 heavy (non-hydrogen) atoms. The second-order valence-electron chi connectivity index (χ2n) is 9.68. The van der Waals surface area contributed by atoms with Crippen LogP contribution in [-0.2, 0) is 9.59 Å². The first-order valence-corrected chi connectivity index (χ1v) is 14.4. The van der Waals surface area contributed by atoms with Crippen molar-refractivity contribution in [2.75, 3.05) is 30.6 Å². The van der Waals surface area contributed by atoms with Crippen LogP contribution in [0.15, 0.2) is 102 Å². The van der Waals surface area contributed by atoms with Crippen LogP contribution in [0.2, 0.25) is 0 Å². The molecule has 9 heteroatoms. The maximum atomic E-state index is 13.4. The van der Waals surface area contributed by atoms with Crippen LogP contribution < -0.4 is 25.4 Å². The van der Waals surface area contributed by atoms with Crippen LogP contribution >= 0.6 is 11.8 Å². The normalized spacial score (nSPS) is 10.9. The van der Waals surface area contributed by atoms with Crippen molar-refractivity contribution in [2.45, 2.75) is 18.7 Å². The minimum Gasteiger partial charge on any atom is -0.493 e. The minimum atomic E-state index is -0.507. The molecular formula is C34H33N3O5S. The molecule has 3 amide bonds. The zero-order chi connectivity index (χ0) is 30.8. The Labute approximate surface area is 255 Å². The molecule has 0 heterocycles. The molecule has 0 aromatic heterocycles. The summed E-state index contributed by atoms with van der Waals surface area (Å²) in [7, 11) is 3.06. The molecule has 0 atom stereocenters. The molecule has 220 valence electrons. The molecule has 0 bridgehead atoms. The SMILES string of the molecule is COc1ccc(/C=C(\NC(=O)c2ccccc2)C(=O)Nc2ccc(SCC(=O)Nc3cc(C)cc(C)c3)cc2)cc1OC. The topological polar surface area (TPSA) is 106 Å². The first-order valence-electron chi connectivity index (χ1n) is 13.5. The van der Waals surface area contributed by atoms with Crippen LogP contribution in [0.3, 0.4) is 0 Å². The van der Waals surface area contributed by atoms with E-state index in [1.165, 1.54) is 26.0 Å². The Balaban J connectivity index is 1.44. The van der Waals surface area contributed by atoms with Crippen LogP contribution in [0.1, 0.15) is 27.0 Å². The van der Waals surface area contributed by atoms with E-state index in [2.05, 4.69) is 22.0 Å². The van der Waals surface area contributed by atoms with E-state index in [9.17, 15) is 14.4 Å². The van der Waals surface area contributed by atoms with E-state index in [1.807, 2.05) is 44.2 Å². The van der Waals surface area contributed by atoms with Gasteiger partial charge in [0.2, 0.25) is 5.91 Å².